The molecule has 2 N–H and O–H groups in total. The second-order valence-corrected chi connectivity index (χ2v) is 5.20. The largest absolute Gasteiger partial charge is 0.392 e. The fourth-order valence-electron chi connectivity index (χ4n) is 2.96. The van der Waals surface area contributed by atoms with Crippen molar-refractivity contribution in [1.29, 1.82) is 0 Å². The number of nitrogen functional groups attached to an aromatic ring is 1. The van der Waals surface area contributed by atoms with Gasteiger partial charge in [0.05, 0.1) is 5.92 Å². The fourth-order valence-corrected chi connectivity index (χ4v) is 2.96. The number of nitrogens with two attached hydrogens (primary N) is 1. The Morgan fingerprint density at radius 3 is 2.63 bits per heavy atom. The van der Waals surface area contributed by atoms with Crippen molar-refractivity contribution in [1.82, 2.24) is 5.16 Å². The van der Waals surface area contributed by atoms with E-state index < -0.39 is 18.0 Å². The number of halogens is 3. The summed E-state index contributed by atoms with van der Waals surface area (Å²) in [5.41, 5.74) is 6.37. The highest BCUT2D eigenvalue weighted by Gasteiger charge is 2.47. The van der Waals surface area contributed by atoms with E-state index in [0.717, 1.165) is 12.8 Å². The molecule has 2 unspecified atom stereocenters. The first-order chi connectivity index (χ1) is 8.95. The van der Waals surface area contributed by atoms with E-state index in [2.05, 4.69) is 5.16 Å². The van der Waals surface area contributed by atoms with E-state index in [1.165, 1.54) is 0 Å². The van der Waals surface area contributed by atoms with Crippen LogP contribution in [-0.2, 0) is 6.42 Å². The number of rotatable bonds is 3. The Balaban J connectivity index is 2.32. The van der Waals surface area contributed by atoms with Crippen LogP contribution in [0.15, 0.2) is 4.52 Å². The van der Waals surface area contributed by atoms with E-state index in [9.17, 15) is 13.2 Å². The van der Waals surface area contributed by atoms with Crippen LogP contribution in [0.25, 0.3) is 0 Å². The third-order valence-corrected chi connectivity index (χ3v) is 3.87. The summed E-state index contributed by atoms with van der Waals surface area (Å²) in [7, 11) is 0. The van der Waals surface area contributed by atoms with E-state index in [4.69, 9.17) is 10.3 Å². The highest BCUT2D eigenvalue weighted by Crippen LogP contribution is 2.47. The third-order valence-electron chi connectivity index (χ3n) is 3.87. The van der Waals surface area contributed by atoms with E-state index in [1.807, 2.05) is 6.92 Å². The summed E-state index contributed by atoms with van der Waals surface area (Å²) in [5.74, 6) is -1.35. The highest BCUT2D eigenvalue weighted by molar-refractivity contribution is 5.42. The summed E-state index contributed by atoms with van der Waals surface area (Å²) in [6.07, 6.45) is -0.684. The van der Waals surface area contributed by atoms with Gasteiger partial charge in [0.25, 0.3) is 0 Å². The first kappa shape index (κ1) is 14.2. The van der Waals surface area contributed by atoms with Gasteiger partial charge in [-0.05, 0) is 19.3 Å². The van der Waals surface area contributed by atoms with Crippen LogP contribution >= 0.6 is 0 Å². The summed E-state index contributed by atoms with van der Waals surface area (Å²) in [4.78, 5) is 0. The minimum Gasteiger partial charge on any atom is -0.381 e. The van der Waals surface area contributed by atoms with Crippen LogP contribution in [0, 0.1) is 5.92 Å². The predicted molar refractivity (Wildman–Crippen MR) is 65.7 cm³/mol. The zero-order valence-electron chi connectivity index (χ0n) is 11.0. The zero-order valence-corrected chi connectivity index (χ0v) is 11.0. The summed E-state index contributed by atoms with van der Waals surface area (Å²) in [6, 6.07) is 0. The Bertz CT molecular complexity index is 428. The number of hydrogen-bond acceptors (Lipinski definition) is 3. The molecule has 3 nitrogen and oxygen atoms in total. The molecule has 1 aromatic heterocycles. The van der Waals surface area contributed by atoms with Crippen molar-refractivity contribution in [3.8, 4) is 0 Å². The lowest BCUT2D eigenvalue weighted by atomic mass is 9.76. The van der Waals surface area contributed by atoms with Gasteiger partial charge in [-0.25, -0.2) is 0 Å². The lowest BCUT2D eigenvalue weighted by Crippen LogP contribution is -2.31. The number of aromatic nitrogens is 1. The molecule has 0 amide bonds. The Morgan fingerprint density at radius 1 is 1.32 bits per heavy atom. The van der Waals surface area contributed by atoms with Crippen LogP contribution in [-0.4, -0.2) is 11.3 Å². The molecule has 1 aromatic rings. The van der Waals surface area contributed by atoms with Crippen LogP contribution in [0.3, 0.4) is 0 Å². The van der Waals surface area contributed by atoms with E-state index in [-0.39, 0.29) is 12.2 Å². The lowest BCUT2D eigenvalue weighted by Gasteiger charge is -2.31. The summed E-state index contributed by atoms with van der Waals surface area (Å²) in [6.45, 7) is 1.96. The zero-order chi connectivity index (χ0) is 14.0. The van der Waals surface area contributed by atoms with Crippen molar-refractivity contribution >= 4 is 5.82 Å². The summed E-state index contributed by atoms with van der Waals surface area (Å²) in [5, 5.41) is 3.66. The fraction of sp³-hybridized carbons (Fsp3) is 0.769. The van der Waals surface area contributed by atoms with E-state index in [0.29, 0.717) is 30.6 Å². The molecular weight excluding hydrogens is 257 g/mol. The first-order valence-electron chi connectivity index (χ1n) is 6.75. The van der Waals surface area contributed by atoms with Crippen molar-refractivity contribution in [2.75, 3.05) is 5.73 Å². The lowest BCUT2D eigenvalue weighted by molar-refractivity contribution is -0.188. The van der Waals surface area contributed by atoms with E-state index >= 15 is 0 Å². The van der Waals surface area contributed by atoms with Gasteiger partial charge in [0, 0.05) is 11.5 Å². The Labute approximate surface area is 110 Å². The molecule has 19 heavy (non-hydrogen) atoms. The number of alkyl halides is 3. The van der Waals surface area contributed by atoms with Crippen LogP contribution < -0.4 is 5.73 Å². The number of anilines is 1. The molecule has 1 saturated carbocycles. The molecule has 1 heterocycles. The Hall–Kier alpha value is -1.20. The van der Waals surface area contributed by atoms with Gasteiger partial charge in [-0.2, -0.15) is 13.2 Å². The number of nitrogens with zero attached hydrogens (tertiary/aromatic N) is 1. The monoisotopic (exact) mass is 276 g/mol. The van der Waals surface area contributed by atoms with Crippen LogP contribution in [0.5, 0.6) is 0 Å². The van der Waals surface area contributed by atoms with Gasteiger partial charge < -0.3 is 10.3 Å². The van der Waals surface area contributed by atoms with Crippen LogP contribution in [0.1, 0.15) is 56.3 Å². The molecular formula is C13H19F3N2O. The average Bonchev–Trinajstić information content (AvgIpc) is 2.71. The van der Waals surface area contributed by atoms with Crippen molar-refractivity contribution in [3.05, 3.63) is 11.3 Å². The van der Waals surface area contributed by atoms with Crippen molar-refractivity contribution in [2.24, 2.45) is 5.92 Å². The smallest absolute Gasteiger partial charge is 0.381 e. The summed E-state index contributed by atoms with van der Waals surface area (Å²) >= 11 is 0. The van der Waals surface area contributed by atoms with Crippen LogP contribution in [0.4, 0.5) is 19.0 Å². The SMILES string of the molecule is CCCc1c(N)noc1C1CCCCC1C(F)(F)F. The van der Waals surface area contributed by atoms with Gasteiger partial charge in [-0.3, -0.25) is 0 Å². The van der Waals surface area contributed by atoms with Gasteiger partial charge in [-0.15, -0.1) is 0 Å². The summed E-state index contributed by atoms with van der Waals surface area (Å²) < 4.78 is 44.5. The maximum Gasteiger partial charge on any atom is 0.392 e. The molecule has 2 rings (SSSR count). The number of hydrogen-bond donors (Lipinski definition) is 1. The molecule has 0 saturated heterocycles. The molecule has 0 aliphatic heterocycles. The molecule has 1 aliphatic carbocycles. The topological polar surface area (TPSA) is 52.0 Å². The second-order valence-electron chi connectivity index (χ2n) is 5.20. The van der Waals surface area contributed by atoms with Crippen molar-refractivity contribution in [3.63, 3.8) is 0 Å². The molecule has 108 valence electrons. The molecule has 2 atom stereocenters. The van der Waals surface area contributed by atoms with Gasteiger partial charge in [-0.1, -0.05) is 31.3 Å². The first-order valence-corrected chi connectivity index (χ1v) is 6.75. The molecule has 1 fully saturated rings. The highest BCUT2D eigenvalue weighted by atomic mass is 19.4. The van der Waals surface area contributed by atoms with Crippen LogP contribution in [0.2, 0.25) is 0 Å². The maximum atomic E-state index is 13.1. The normalized spacial score (nSPS) is 24.6. The molecule has 0 bridgehead atoms. The average molecular weight is 276 g/mol. The second kappa shape index (κ2) is 5.43. The molecule has 0 aromatic carbocycles. The minimum atomic E-state index is -4.18. The third kappa shape index (κ3) is 2.87. The minimum absolute atomic E-state index is 0.167. The van der Waals surface area contributed by atoms with Crippen molar-refractivity contribution in [2.45, 2.75) is 57.5 Å². The molecule has 1 aliphatic rings. The van der Waals surface area contributed by atoms with Crippen molar-refractivity contribution < 1.29 is 17.7 Å². The quantitative estimate of drug-likeness (QED) is 0.906. The van der Waals surface area contributed by atoms with E-state index in [1.54, 1.807) is 0 Å². The molecule has 0 spiro atoms. The molecule has 0 radical (unpaired) electrons. The standard InChI is InChI=1S/C13H19F3N2O/c1-2-5-9-11(19-18-12(9)17)8-6-3-4-7-10(8)13(14,15)16/h8,10H,2-7H2,1H3,(H2,17,18). The Morgan fingerprint density at radius 2 is 2.00 bits per heavy atom. The molecule has 6 heteroatoms. The van der Waals surface area contributed by atoms with Gasteiger partial charge in [0.1, 0.15) is 5.76 Å². The Kier molecular flexibility index (Phi) is 4.06. The van der Waals surface area contributed by atoms with Gasteiger partial charge in [0.15, 0.2) is 5.82 Å². The maximum absolute atomic E-state index is 13.1. The van der Waals surface area contributed by atoms with Gasteiger partial charge in [0.2, 0.25) is 0 Å². The van der Waals surface area contributed by atoms with Gasteiger partial charge >= 0.3 is 6.18 Å². The predicted octanol–water partition coefficient (Wildman–Crippen LogP) is 4.05.